The number of amides is 2. The molecule has 2 aliphatic rings. The summed E-state index contributed by atoms with van der Waals surface area (Å²) < 4.78 is 0. The van der Waals surface area contributed by atoms with Gasteiger partial charge >= 0.3 is 0 Å². The molecule has 1 atom stereocenters. The Morgan fingerprint density at radius 1 is 1.08 bits per heavy atom. The van der Waals surface area contributed by atoms with Gasteiger partial charge in [0.15, 0.2) is 0 Å². The smallest absolute Gasteiger partial charge is 0.265 e. The number of rotatable bonds is 4. The number of nitrogens with one attached hydrogen (secondary N) is 2. The van der Waals surface area contributed by atoms with Gasteiger partial charge in [0.1, 0.15) is 0 Å². The van der Waals surface area contributed by atoms with Gasteiger partial charge in [0.25, 0.3) is 11.8 Å². The molecule has 0 bridgehead atoms. The molecule has 2 N–H and O–H groups in total. The van der Waals surface area contributed by atoms with E-state index in [0.717, 1.165) is 30.6 Å². The normalized spacial score (nSPS) is 19.2. The Balaban J connectivity index is 1.41. The summed E-state index contributed by atoms with van der Waals surface area (Å²) in [5, 5.41) is 5.90. The van der Waals surface area contributed by atoms with E-state index in [1.807, 2.05) is 6.07 Å². The summed E-state index contributed by atoms with van der Waals surface area (Å²) >= 11 is 1.61. The topological polar surface area (TPSA) is 58.2 Å². The van der Waals surface area contributed by atoms with Crippen LogP contribution in [0.25, 0.3) is 0 Å². The average Bonchev–Trinajstić information content (AvgIpc) is 3.31. The molecule has 4 rings (SSSR count). The SMILES string of the molecule is CC1CCc2sc(C(=O)Nc3ccc(C(=O)NC4CC4)cc3)cc2C1. The highest BCUT2D eigenvalue weighted by atomic mass is 32.1. The second-order valence-electron chi connectivity index (χ2n) is 7.19. The lowest BCUT2D eigenvalue weighted by Crippen LogP contribution is -2.25. The van der Waals surface area contributed by atoms with Crippen LogP contribution in [-0.2, 0) is 12.8 Å². The molecule has 0 aliphatic heterocycles. The molecule has 1 saturated carbocycles. The van der Waals surface area contributed by atoms with Crippen LogP contribution in [0, 0.1) is 5.92 Å². The van der Waals surface area contributed by atoms with Crippen LogP contribution >= 0.6 is 11.3 Å². The molecule has 1 aromatic heterocycles. The summed E-state index contributed by atoms with van der Waals surface area (Å²) in [6.07, 6.45) is 5.51. The molecule has 1 aromatic carbocycles. The molecule has 1 heterocycles. The van der Waals surface area contributed by atoms with Gasteiger partial charge in [-0.3, -0.25) is 9.59 Å². The molecule has 2 aromatic rings. The molecule has 0 spiro atoms. The Labute approximate surface area is 151 Å². The summed E-state index contributed by atoms with van der Waals surface area (Å²) in [6.45, 7) is 2.27. The van der Waals surface area contributed by atoms with E-state index in [1.54, 1.807) is 35.6 Å². The standard InChI is InChI=1S/C20H22N2O2S/c1-12-2-9-17-14(10-12)11-18(25-17)20(24)22-15-5-3-13(4-6-15)19(23)21-16-7-8-16/h3-6,11-12,16H,2,7-10H2,1H3,(H,21,23)(H,22,24). The Kier molecular flexibility index (Phi) is 4.34. The summed E-state index contributed by atoms with van der Waals surface area (Å²) in [6, 6.07) is 9.48. The predicted molar refractivity (Wildman–Crippen MR) is 100 cm³/mol. The van der Waals surface area contributed by atoms with Crippen LogP contribution in [0.4, 0.5) is 5.69 Å². The molecule has 2 amide bonds. The van der Waals surface area contributed by atoms with Crippen molar-refractivity contribution >= 4 is 28.8 Å². The maximum Gasteiger partial charge on any atom is 0.265 e. The summed E-state index contributed by atoms with van der Waals surface area (Å²) in [4.78, 5) is 26.6. The first-order valence-electron chi connectivity index (χ1n) is 8.92. The van der Waals surface area contributed by atoms with Gasteiger partial charge in [-0.25, -0.2) is 0 Å². The first-order valence-corrected chi connectivity index (χ1v) is 9.74. The first kappa shape index (κ1) is 16.3. The molecule has 0 saturated heterocycles. The predicted octanol–water partition coefficient (Wildman–Crippen LogP) is 4.02. The second kappa shape index (κ2) is 6.64. The highest BCUT2D eigenvalue weighted by molar-refractivity contribution is 7.14. The molecule has 2 aliphatic carbocycles. The van der Waals surface area contributed by atoms with Gasteiger partial charge in [-0.1, -0.05) is 6.92 Å². The van der Waals surface area contributed by atoms with E-state index in [-0.39, 0.29) is 11.8 Å². The minimum absolute atomic E-state index is 0.0413. The zero-order valence-electron chi connectivity index (χ0n) is 14.3. The summed E-state index contributed by atoms with van der Waals surface area (Å²) in [5.74, 6) is 0.593. The van der Waals surface area contributed by atoms with Crippen molar-refractivity contribution < 1.29 is 9.59 Å². The first-order chi connectivity index (χ1) is 12.1. The van der Waals surface area contributed by atoms with Crippen molar-refractivity contribution in [2.45, 2.75) is 45.1 Å². The summed E-state index contributed by atoms with van der Waals surface area (Å²) in [7, 11) is 0. The number of benzene rings is 1. The lowest BCUT2D eigenvalue weighted by Gasteiger charge is -2.16. The third kappa shape index (κ3) is 3.76. The van der Waals surface area contributed by atoms with Gasteiger partial charge < -0.3 is 10.6 Å². The molecular formula is C20H22N2O2S. The number of thiophene rings is 1. The number of carbonyl (C=O) groups is 2. The van der Waals surface area contributed by atoms with Gasteiger partial charge in [0.05, 0.1) is 4.88 Å². The highest BCUT2D eigenvalue weighted by Gasteiger charge is 2.24. The van der Waals surface area contributed by atoms with Crippen molar-refractivity contribution in [3.05, 3.63) is 51.2 Å². The van der Waals surface area contributed by atoms with Crippen molar-refractivity contribution in [2.75, 3.05) is 5.32 Å². The van der Waals surface area contributed by atoms with E-state index >= 15 is 0 Å². The average molecular weight is 354 g/mol. The quantitative estimate of drug-likeness (QED) is 0.871. The van der Waals surface area contributed by atoms with Crippen molar-refractivity contribution in [1.29, 1.82) is 0 Å². The van der Waals surface area contributed by atoms with E-state index in [9.17, 15) is 9.59 Å². The van der Waals surface area contributed by atoms with E-state index < -0.39 is 0 Å². The number of fused-ring (bicyclic) bond motifs is 1. The van der Waals surface area contributed by atoms with Crippen LogP contribution in [0.3, 0.4) is 0 Å². The van der Waals surface area contributed by atoms with Crippen molar-refractivity contribution in [1.82, 2.24) is 5.32 Å². The third-order valence-electron chi connectivity index (χ3n) is 4.87. The van der Waals surface area contributed by atoms with Crippen LogP contribution < -0.4 is 10.6 Å². The van der Waals surface area contributed by atoms with E-state index in [1.165, 1.54) is 16.9 Å². The van der Waals surface area contributed by atoms with Gasteiger partial charge in [0, 0.05) is 22.2 Å². The van der Waals surface area contributed by atoms with Crippen molar-refractivity contribution in [3.8, 4) is 0 Å². The lowest BCUT2D eigenvalue weighted by molar-refractivity contribution is 0.0950. The van der Waals surface area contributed by atoms with Gasteiger partial charge in [-0.2, -0.15) is 0 Å². The van der Waals surface area contributed by atoms with E-state index in [2.05, 4.69) is 17.6 Å². The number of anilines is 1. The molecule has 130 valence electrons. The Morgan fingerprint density at radius 2 is 1.84 bits per heavy atom. The van der Waals surface area contributed by atoms with Gasteiger partial charge in [-0.05, 0) is 73.9 Å². The van der Waals surface area contributed by atoms with Gasteiger partial charge in [0.2, 0.25) is 0 Å². The molecule has 1 fully saturated rings. The molecule has 5 heteroatoms. The molecule has 4 nitrogen and oxygen atoms in total. The van der Waals surface area contributed by atoms with Crippen LogP contribution in [0.2, 0.25) is 0 Å². The number of hydrogen-bond acceptors (Lipinski definition) is 3. The number of carbonyl (C=O) groups excluding carboxylic acids is 2. The van der Waals surface area contributed by atoms with Crippen molar-refractivity contribution in [3.63, 3.8) is 0 Å². The third-order valence-corrected chi connectivity index (χ3v) is 6.11. The maximum absolute atomic E-state index is 12.5. The fourth-order valence-electron chi connectivity index (χ4n) is 3.21. The number of hydrogen-bond donors (Lipinski definition) is 2. The fourth-order valence-corrected chi connectivity index (χ4v) is 4.32. The van der Waals surface area contributed by atoms with E-state index in [0.29, 0.717) is 23.2 Å². The minimum atomic E-state index is -0.0674. The molecule has 1 unspecified atom stereocenters. The highest BCUT2D eigenvalue weighted by Crippen LogP contribution is 2.32. The van der Waals surface area contributed by atoms with Gasteiger partial charge in [-0.15, -0.1) is 11.3 Å². The zero-order chi connectivity index (χ0) is 17.4. The number of aryl methyl sites for hydroxylation is 1. The zero-order valence-corrected chi connectivity index (χ0v) is 15.1. The molecular weight excluding hydrogens is 332 g/mol. The fraction of sp³-hybridized carbons (Fsp3) is 0.400. The molecule has 0 radical (unpaired) electrons. The van der Waals surface area contributed by atoms with Crippen LogP contribution in [0.1, 0.15) is 56.7 Å². The second-order valence-corrected chi connectivity index (χ2v) is 8.32. The maximum atomic E-state index is 12.5. The minimum Gasteiger partial charge on any atom is -0.349 e. The summed E-state index contributed by atoms with van der Waals surface area (Å²) in [5.41, 5.74) is 2.68. The monoisotopic (exact) mass is 354 g/mol. The van der Waals surface area contributed by atoms with Crippen LogP contribution in [-0.4, -0.2) is 17.9 Å². The van der Waals surface area contributed by atoms with Crippen molar-refractivity contribution in [2.24, 2.45) is 5.92 Å². The van der Waals surface area contributed by atoms with Crippen LogP contribution in [0.5, 0.6) is 0 Å². The Hall–Kier alpha value is -2.14. The van der Waals surface area contributed by atoms with E-state index in [4.69, 9.17) is 0 Å². The largest absolute Gasteiger partial charge is 0.349 e. The van der Waals surface area contributed by atoms with Crippen LogP contribution in [0.15, 0.2) is 30.3 Å². The Bertz CT molecular complexity index is 806. The molecule has 25 heavy (non-hydrogen) atoms. The Morgan fingerprint density at radius 3 is 2.56 bits per heavy atom. The lowest BCUT2D eigenvalue weighted by atomic mass is 9.90.